The van der Waals surface area contributed by atoms with E-state index in [-0.39, 0.29) is 60.5 Å². The van der Waals surface area contributed by atoms with Crippen LogP contribution < -0.4 is 10.6 Å². The smallest absolute Gasteiger partial charge is 0.350 e. The molecule has 3 aromatic rings. The number of nitrogens with zero attached hydrogens (tertiary/aromatic N) is 1. The van der Waals surface area contributed by atoms with E-state index in [1.165, 1.54) is 26.0 Å². The van der Waals surface area contributed by atoms with Crippen LogP contribution in [0.4, 0.5) is 0 Å². The van der Waals surface area contributed by atoms with Crippen LogP contribution >= 0.6 is 0 Å². The SMILES string of the molecule is CC(=O)O[C@H]1C(=O)[C@@]2(C)C(C(OC(=O)c3ccccc3)[C@]3(O)C[C@H](OC(=O)C(OC(=O)CCCC(=O)NCCCN(C)C)C(NC(=O)c4ccccc4)c4ccccc4)C(C)=C1C3(C)C)C1(OC(C)=O)COC1C[C@@H]2O. The Morgan fingerprint density at radius 1 is 0.816 bits per heavy atom. The van der Waals surface area contributed by atoms with Crippen LogP contribution in [0.1, 0.15) is 112 Å². The minimum atomic E-state index is -2.48. The number of benzene rings is 3. The number of nitrogens with one attached hydrogen (secondary N) is 2. The Morgan fingerprint density at radius 3 is 2.01 bits per heavy atom. The molecule has 1 aliphatic heterocycles. The van der Waals surface area contributed by atoms with Crippen LogP contribution in [0.3, 0.4) is 0 Å². The number of carbonyl (C=O) groups excluding carboxylic acids is 8. The second-order valence-electron chi connectivity index (χ2n) is 21.2. The van der Waals surface area contributed by atoms with Gasteiger partial charge in [-0.1, -0.05) is 80.6 Å². The lowest BCUT2D eigenvalue weighted by Crippen LogP contribution is -2.82. The number of rotatable bonds is 19. The highest BCUT2D eigenvalue weighted by Gasteiger charge is 2.78. The Kier molecular flexibility index (Phi) is 17.4. The van der Waals surface area contributed by atoms with Gasteiger partial charge in [0.2, 0.25) is 12.0 Å². The number of hydrogen-bond acceptors (Lipinski definition) is 17. The first-order valence-electron chi connectivity index (χ1n) is 25.6. The van der Waals surface area contributed by atoms with Crippen LogP contribution in [-0.4, -0.2) is 144 Å². The molecule has 2 amide bonds. The normalized spacial score (nSPS) is 28.1. The molecule has 408 valence electrons. The van der Waals surface area contributed by atoms with Gasteiger partial charge in [0.25, 0.3) is 5.91 Å². The number of aliphatic hydroxyl groups excluding tert-OH is 1. The molecule has 2 bridgehead atoms. The van der Waals surface area contributed by atoms with Gasteiger partial charge in [-0.25, -0.2) is 9.59 Å². The maximum absolute atomic E-state index is 15.8. The number of hydrogen-bond donors (Lipinski definition) is 4. The molecule has 2 saturated carbocycles. The van der Waals surface area contributed by atoms with Crippen LogP contribution in [-0.2, 0) is 57.2 Å². The quantitative estimate of drug-likeness (QED) is 0.0557. The van der Waals surface area contributed by atoms with E-state index in [9.17, 15) is 39.0 Å². The number of aliphatic hydroxyl groups is 2. The third-order valence-corrected chi connectivity index (χ3v) is 15.6. The van der Waals surface area contributed by atoms with Gasteiger partial charge in [-0.15, -0.1) is 0 Å². The zero-order chi connectivity index (χ0) is 55.3. The van der Waals surface area contributed by atoms with Gasteiger partial charge in [-0.2, -0.15) is 0 Å². The number of amides is 2. The molecule has 0 radical (unpaired) electrons. The second kappa shape index (κ2) is 23.2. The number of ether oxygens (including phenoxy) is 6. The molecule has 3 aliphatic carbocycles. The lowest BCUT2D eigenvalue weighted by Gasteiger charge is -2.67. The van der Waals surface area contributed by atoms with Crippen molar-refractivity contribution in [2.24, 2.45) is 16.7 Å². The summed E-state index contributed by atoms with van der Waals surface area (Å²) >= 11 is 0. The summed E-state index contributed by atoms with van der Waals surface area (Å²) in [5.41, 5.74) is -7.53. The average Bonchev–Trinajstić information content (AvgIpc) is 3.48. The van der Waals surface area contributed by atoms with Crippen LogP contribution in [0.15, 0.2) is 102 Å². The highest BCUT2D eigenvalue weighted by atomic mass is 16.6. The molecule has 3 aromatic carbocycles. The zero-order valence-corrected chi connectivity index (χ0v) is 44.2. The highest BCUT2D eigenvalue weighted by Crippen LogP contribution is 2.64. The van der Waals surface area contributed by atoms with Crippen molar-refractivity contribution in [1.29, 1.82) is 0 Å². The molecule has 1 saturated heterocycles. The van der Waals surface area contributed by atoms with Gasteiger partial charge < -0.3 is 54.2 Å². The second-order valence-corrected chi connectivity index (χ2v) is 21.2. The van der Waals surface area contributed by atoms with Crippen molar-refractivity contribution in [2.75, 3.05) is 33.8 Å². The van der Waals surface area contributed by atoms with E-state index in [1.54, 1.807) is 92.7 Å². The topological polar surface area (TPSA) is 260 Å². The van der Waals surface area contributed by atoms with Gasteiger partial charge in [-0.05, 0) is 88.3 Å². The summed E-state index contributed by atoms with van der Waals surface area (Å²) < 4.78 is 36.9. The molecule has 19 heteroatoms. The molecule has 4 N–H and O–H groups in total. The predicted octanol–water partition coefficient (Wildman–Crippen LogP) is 4.52. The monoisotopic (exact) mass is 1050 g/mol. The van der Waals surface area contributed by atoms with Crippen LogP contribution in [0.5, 0.6) is 0 Å². The average molecular weight is 1050 g/mol. The predicted molar refractivity (Wildman–Crippen MR) is 272 cm³/mol. The summed E-state index contributed by atoms with van der Waals surface area (Å²) in [6.45, 7) is 9.04. The number of esters is 5. The van der Waals surface area contributed by atoms with Crippen molar-refractivity contribution < 1.29 is 77.0 Å². The fourth-order valence-electron chi connectivity index (χ4n) is 11.6. The van der Waals surface area contributed by atoms with Crippen LogP contribution in [0, 0.1) is 16.7 Å². The standard InChI is InChI=1S/C57H69N3O16/c1-33-39(73-53(69)47(74-43(65)27-18-26-42(64)58-28-19-29-60(7)8)45(36-20-12-9-13-21-36)59-51(67)37-22-14-10-15-23-37)31-57(70)50(75-52(68)38-24-16-11-17-25-38)48-55(6,40(63)30-41-56(48,32-71-41)76-35(3)62)49(66)46(72-34(2)61)44(33)54(57,4)5/h9-17,20-25,39-41,45-48,50,63,70H,18-19,26-32H2,1-8H3,(H,58,64)(H,59,67)/t39-,40-,41?,45?,46+,47?,48?,50?,55+,56?,57+/m0/s1. The van der Waals surface area contributed by atoms with E-state index < -0.39 is 119 Å². The first-order valence-corrected chi connectivity index (χ1v) is 25.6. The van der Waals surface area contributed by atoms with Gasteiger partial charge in [0, 0.05) is 57.1 Å². The molecule has 7 rings (SSSR count). The lowest BCUT2D eigenvalue weighted by molar-refractivity contribution is -0.346. The molecule has 6 unspecified atom stereocenters. The Hall–Kier alpha value is -6.80. The summed E-state index contributed by atoms with van der Waals surface area (Å²) in [5, 5.41) is 31.9. The fraction of sp³-hybridized carbons (Fsp3) is 0.509. The summed E-state index contributed by atoms with van der Waals surface area (Å²) in [5.74, 6) is -8.30. The van der Waals surface area contributed by atoms with Crippen molar-refractivity contribution in [2.45, 2.75) is 134 Å². The van der Waals surface area contributed by atoms with Crippen LogP contribution in [0.2, 0.25) is 0 Å². The van der Waals surface area contributed by atoms with Crippen molar-refractivity contribution in [1.82, 2.24) is 15.5 Å². The van der Waals surface area contributed by atoms with E-state index in [4.69, 9.17) is 28.4 Å². The zero-order valence-electron chi connectivity index (χ0n) is 44.2. The van der Waals surface area contributed by atoms with E-state index in [0.717, 1.165) is 20.4 Å². The number of carbonyl (C=O) groups is 8. The molecule has 19 nitrogen and oxygen atoms in total. The van der Waals surface area contributed by atoms with Gasteiger partial charge in [0.1, 0.15) is 30.0 Å². The maximum atomic E-state index is 15.8. The maximum Gasteiger partial charge on any atom is 0.350 e. The molecule has 4 aliphatic rings. The molecular formula is C57H69N3O16. The van der Waals surface area contributed by atoms with E-state index in [2.05, 4.69) is 10.6 Å². The van der Waals surface area contributed by atoms with Crippen LogP contribution in [0.25, 0.3) is 0 Å². The Bertz CT molecular complexity index is 2700. The Labute approximate surface area is 441 Å². The molecule has 0 spiro atoms. The van der Waals surface area contributed by atoms with E-state index in [0.29, 0.717) is 18.5 Å². The van der Waals surface area contributed by atoms with Crippen molar-refractivity contribution in [3.8, 4) is 0 Å². The van der Waals surface area contributed by atoms with Gasteiger partial charge in [0.15, 0.2) is 17.5 Å². The number of ketones is 1. The first kappa shape index (κ1) is 56.9. The molecule has 0 aromatic heterocycles. The van der Waals surface area contributed by atoms with Gasteiger partial charge >= 0.3 is 29.8 Å². The fourth-order valence-corrected chi connectivity index (χ4v) is 11.6. The van der Waals surface area contributed by atoms with Gasteiger partial charge in [0.05, 0.1) is 29.6 Å². The minimum Gasteiger partial charge on any atom is -0.455 e. The van der Waals surface area contributed by atoms with Gasteiger partial charge in [-0.3, -0.25) is 28.8 Å². The first-order chi connectivity index (χ1) is 36.0. The largest absolute Gasteiger partial charge is 0.455 e. The molecule has 76 heavy (non-hydrogen) atoms. The third kappa shape index (κ3) is 11.3. The minimum absolute atomic E-state index is 0.0343. The van der Waals surface area contributed by atoms with Crippen molar-refractivity contribution in [3.05, 3.63) is 119 Å². The van der Waals surface area contributed by atoms with E-state index >= 15 is 9.59 Å². The molecular weight excluding hydrogens is 983 g/mol. The lowest BCUT2D eigenvalue weighted by atomic mass is 9.44. The molecule has 3 fully saturated rings. The highest BCUT2D eigenvalue weighted by molar-refractivity contribution is 5.96. The summed E-state index contributed by atoms with van der Waals surface area (Å²) in [6, 6.07) is 22.7. The number of Topliss-reactive ketones (excluding diaryl/α,β-unsaturated/α-hetero) is 1. The molecule has 1 heterocycles. The number of fused-ring (bicyclic) bond motifs is 5. The van der Waals surface area contributed by atoms with Crippen molar-refractivity contribution in [3.63, 3.8) is 0 Å². The Balaban J connectivity index is 1.35. The summed E-state index contributed by atoms with van der Waals surface area (Å²) in [6.07, 6.45) is -10.5. The third-order valence-electron chi connectivity index (χ3n) is 15.6. The van der Waals surface area contributed by atoms with Crippen molar-refractivity contribution >= 4 is 47.4 Å². The molecule has 11 atom stereocenters. The summed E-state index contributed by atoms with van der Waals surface area (Å²) in [4.78, 5) is 115. The summed E-state index contributed by atoms with van der Waals surface area (Å²) in [7, 11) is 3.84. The van der Waals surface area contributed by atoms with E-state index in [1.807, 2.05) is 19.0 Å². The Morgan fingerprint density at radius 2 is 1.43 bits per heavy atom.